The summed E-state index contributed by atoms with van der Waals surface area (Å²) in [6.45, 7) is 0.789. The average molecular weight is 626 g/mol. The number of fused-ring (bicyclic) bond motifs is 1. The van der Waals surface area contributed by atoms with E-state index in [1.54, 1.807) is 62.8 Å². The van der Waals surface area contributed by atoms with Gasteiger partial charge in [-0.25, -0.2) is 4.79 Å². The minimum atomic E-state index is -0.654. The molecule has 10 heteroatoms. The van der Waals surface area contributed by atoms with Gasteiger partial charge in [0.1, 0.15) is 18.2 Å². The van der Waals surface area contributed by atoms with Gasteiger partial charge in [-0.1, -0.05) is 48.1 Å². The van der Waals surface area contributed by atoms with Crippen molar-refractivity contribution in [2.24, 2.45) is 5.92 Å². The number of nitrogens with one attached hydrogen (secondary N) is 2. The van der Waals surface area contributed by atoms with Crippen LogP contribution in [-0.4, -0.2) is 72.8 Å². The Morgan fingerprint density at radius 3 is 2.41 bits per heavy atom. The van der Waals surface area contributed by atoms with Gasteiger partial charge in [-0.2, -0.15) is 14.3 Å². The van der Waals surface area contributed by atoms with Gasteiger partial charge in [-0.05, 0) is 80.0 Å². The highest BCUT2D eigenvalue weighted by Gasteiger charge is 2.47. The smallest absolute Gasteiger partial charge is 0.493 e. The molecule has 1 aliphatic heterocycles. The molecule has 0 saturated carbocycles. The van der Waals surface area contributed by atoms with E-state index in [1.165, 1.54) is 27.9 Å². The Balaban J connectivity index is 1.18. The van der Waals surface area contributed by atoms with E-state index in [4.69, 9.17) is 9.47 Å². The molecule has 2 N–H and O–H groups in total. The fraction of sp³-hybridized carbons (Fsp3) is 0.361. The molecule has 46 heavy (non-hydrogen) atoms. The molecule has 2 aliphatic carbocycles. The topological polar surface area (TPSA) is 117 Å². The number of carbonyl (C=O) groups is 4. The van der Waals surface area contributed by atoms with E-state index in [1.807, 2.05) is 18.2 Å². The van der Waals surface area contributed by atoms with Crippen LogP contribution < -0.4 is 20.1 Å². The lowest BCUT2D eigenvalue weighted by molar-refractivity contribution is -0.428. The first-order chi connectivity index (χ1) is 22.4. The maximum absolute atomic E-state index is 13.6. The minimum Gasteiger partial charge on any atom is -0.493 e. The molecule has 3 aliphatic rings. The molecule has 10 nitrogen and oxygen atoms in total. The van der Waals surface area contributed by atoms with Gasteiger partial charge in [-0.3, -0.25) is 9.59 Å². The zero-order valence-corrected chi connectivity index (χ0v) is 26.4. The predicted octanol–water partition coefficient (Wildman–Crippen LogP) is 4.34. The quantitative estimate of drug-likeness (QED) is 0.253. The van der Waals surface area contributed by atoms with Crippen LogP contribution >= 0.6 is 0 Å². The van der Waals surface area contributed by atoms with Crippen LogP contribution in [0.1, 0.15) is 53.6 Å². The van der Waals surface area contributed by atoms with Gasteiger partial charge in [0.05, 0.1) is 14.2 Å². The third kappa shape index (κ3) is 7.80. The molecule has 0 spiro atoms. The molecule has 1 heterocycles. The first-order valence-electron chi connectivity index (χ1n) is 15.7. The zero-order chi connectivity index (χ0) is 32.5. The predicted molar refractivity (Wildman–Crippen MR) is 174 cm³/mol. The first-order valence-corrected chi connectivity index (χ1v) is 15.7. The van der Waals surface area contributed by atoms with E-state index < -0.39 is 11.9 Å². The van der Waals surface area contributed by atoms with Crippen LogP contribution in [0.15, 0.2) is 78.4 Å². The summed E-state index contributed by atoms with van der Waals surface area (Å²) in [4.78, 5) is 53.9. The van der Waals surface area contributed by atoms with Crippen LogP contribution in [0.4, 0.5) is 4.79 Å². The number of ether oxygens (including phenoxy) is 2. The molecule has 5 rings (SSSR count). The van der Waals surface area contributed by atoms with Gasteiger partial charge >= 0.3 is 11.9 Å². The molecular weight excluding hydrogens is 584 g/mol. The molecular formula is C36H41N4O6+. The first kappa shape index (κ1) is 32.4. The largest absolute Gasteiger partial charge is 0.501 e. The van der Waals surface area contributed by atoms with Gasteiger partial charge in [0.25, 0.3) is 11.8 Å². The van der Waals surface area contributed by atoms with Gasteiger partial charge in [0.15, 0.2) is 18.0 Å². The number of hydrogen-bond acceptors (Lipinski definition) is 6. The second-order valence-electron chi connectivity index (χ2n) is 11.5. The van der Waals surface area contributed by atoms with Crippen LogP contribution in [0, 0.1) is 5.92 Å². The lowest BCUT2D eigenvalue weighted by Crippen LogP contribution is -2.55. The molecule has 0 bridgehead atoms. The number of benzene rings is 2. The minimum absolute atomic E-state index is 0.0203. The Labute approximate surface area is 269 Å². The molecule has 0 aromatic heterocycles. The van der Waals surface area contributed by atoms with Gasteiger partial charge in [0, 0.05) is 18.7 Å². The van der Waals surface area contributed by atoms with Gasteiger partial charge in [0.2, 0.25) is 0 Å². The summed E-state index contributed by atoms with van der Waals surface area (Å²) < 4.78 is 12.0. The monoisotopic (exact) mass is 625 g/mol. The molecule has 0 radical (unpaired) electrons. The molecule has 1 atom stereocenters. The Bertz CT molecular complexity index is 1600. The maximum Gasteiger partial charge on any atom is 0.501 e. The van der Waals surface area contributed by atoms with Crippen LogP contribution in [0.3, 0.4) is 0 Å². The van der Waals surface area contributed by atoms with Gasteiger partial charge in [-0.15, -0.1) is 0 Å². The van der Waals surface area contributed by atoms with Crippen molar-refractivity contribution in [3.8, 4) is 11.5 Å². The molecule has 240 valence electrons. The second-order valence-corrected chi connectivity index (χ2v) is 11.5. The maximum atomic E-state index is 13.6. The van der Waals surface area contributed by atoms with Crippen molar-refractivity contribution in [3.63, 3.8) is 0 Å². The van der Waals surface area contributed by atoms with Crippen molar-refractivity contribution in [2.75, 3.05) is 33.9 Å². The van der Waals surface area contributed by atoms with Crippen molar-refractivity contribution in [1.29, 1.82) is 0 Å². The highest BCUT2D eigenvalue weighted by Crippen LogP contribution is 2.28. The molecule has 2 aromatic rings. The van der Waals surface area contributed by atoms with E-state index in [0.717, 1.165) is 24.8 Å². The van der Waals surface area contributed by atoms with Crippen molar-refractivity contribution >= 4 is 29.5 Å². The summed E-state index contributed by atoms with van der Waals surface area (Å²) >= 11 is 0. The highest BCUT2D eigenvalue weighted by molar-refractivity contribution is 6.16. The lowest BCUT2D eigenvalue weighted by atomic mass is 9.94. The average Bonchev–Trinajstić information content (AvgIpc) is 3.09. The van der Waals surface area contributed by atoms with Crippen molar-refractivity contribution in [3.05, 3.63) is 95.1 Å². The number of methoxy groups -OCH3 is 2. The number of allylic oxidation sites excluding steroid dienone is 4. The molecule has 1 unspecified atom stereocenters. The number of rotatable bonds is 13. The van der Waals surface area contributed by atoms with Gasteiger partial charge < -0.3 is 20.1 Å². The van der Waals surface area contributed by atoms with Crippen LogP contribution in [0.5, 0.6) is 11.5 Å². The summed E-state index contributed by atoms with van der Waals surface area (Å²) in [6.07, 6.45) is 15.2. The molecule has 0 saturated heterocycles. The normalized spacial score (nSPS) is 17.4. The number of urea groups is 1. The summed E-state index contributed by atoms with van der Waals surface area (Å²) in [6, 6.07) is 11.9. The third-order valence-corrected chi connectivity index (χ3v) is 8.46. The van der Waals surface area contributed by atoms with Crippen molar-refractivity contribution < 1.29 is 33.2 Å². The standard InChI is InChI=1S/C36H40N4O6/c1-45-31-17-14-26(22-32(31)46-2)19-21-38-34(42)28-15-12-27(13-16-28)23-40-35(43)29-10-6-7-11-30(29)39(36(40)44)24-33(41)37-20-18-25-8-4-3-5-9-25/h6-8,10-17,22,29H,3-5,9,18-21,23-24H2,1-2H3,(H-,37,38,41,42)/p+1. The number of amides is 5. The number of nitrogens with zero attached hydrogens (tertiary/aromatic N) is 2. The van der Waals surface area contributed by atoms with Crippen LogP contribution in [-0.2, 0) is 22.6 Å². The Hall–Kier alpha value is -4.99. The highest BCUT2D eigenvalue weighted by atomic mass is 16.5. The summed E-state index contributed by atoms with van der Waals surface area (Å²) in [5.41, 5.74) is 4.01. The fourth-order valence-corrected chi connectivity index (χ4v) is 5.92. The number of hydrogen-bond donors (Lipinski definition) is 2. The zero-order valence-electron chi connectivity index (χ0n) is 26.4. The summed E-state index contributed by atoms with van der Waals surface area (Å²) in [7, 11) is 3.16. The SMILES string of the molecule is COc1ccc(CCNC(=O)c2ccc(CN3C(=O)C4C=CC=CC4=[N+](CC(=O)NCCC4=CCCCC4)C3=O)cc2)cc1OC. The fourth-order valence-electron chi connectivity index (χ4n) is 5.92. The van der Waals surface area contributed by atoms with Crippen molar-refractivity contribution in [1.82, 2.24) is 15.5 Å². The Morgan fingerprint density at radius 2 is 1.67 bits per heavy atom. The van der Waals surface area contributed by atoms with E-state index in [-0.39, 0.29) is 30.8 Å². The summed E-state index contributed by atoms with van der Waals surface area (Å²) in [5, 5.41) is 5.86. The second kappa shape index (κ2) is 15.3. The molecule has 2 aromatic carbocycles. The third-order valence-electron chi connectivity index (χ3n) is 8.46. The van der Waals surface area contributed by atoms with E-state index in [9.17, 15) is 19.2 Å². The Kier molecular flexibility index (Phi) is 10.8. The molecule has 5 amide bonds. The van der Waals surface area contributed by atoms with Crippen LogP contribution in [0.25, 0.3) is 0 Å². The van der Waals surface area contributed by atoms with E-state index in [0.29, 0.717) is 47.8 Å². The Morgan fingerprint density at radius 1 is 0.913 bits per heavy atom. The lowest BCUT2D eigenvalue weighted by Gasteiger charge is -2.26. The van der Waals surface area contributed by atoms with Crippen LogP contribution in [0.2, 0.25) is 0 Å². The number of carbonyl (C=O) groups excluding carboxylic acids is 4. The summed E-state index contributed by atoms with van der Waals surface area (Å²) in [5.74, 6) is -0.225. The number of imide groups is 1. The van der Waals surface area contributed by atoms with E-state index >= 15 is 0 Å². The van der Waals surface area contributed by atoms with Crippen molar-refractivity contribution in [2.45, 2.75) is 45.1 Å². The van der Waals surface area contributed by atoms with E-state index in [2.05, 4.69) is 16.7 Å². The molecule has 0 fully saturated rings.